The first-order chi connectivity index (χ1) is 10.5. The highest BCUT2D eigenvalue weighted by Gasteiger charge is 2.25. The highest BCUT2D eigenvalue weighted by atomic mass is 16.5. The summed E-state index contributed by atoms with van der Waals surface area (Å²) in [5, 5.41) is 0. The van der Waals surface area contributed by atoms with E-state index in [2.05, 4.69) is 0 Å². The van der Waals surface area contributed by atoms with Crippen LogP contribution in [-0.4, -0.2) is 25.2 Å². The molecule has 0 amide bonds. The number of rotatable bonds is 11. The molecule has 0 aliphatic rings. The highest BCUT2D eigenvalue weighted by molar-refractivity contribution is 6.00. The first kappa shape index (κ1) is 20.7. The molecule has 0 heterocycles. The molecule has 0 saturated heterocycles. The summed E-state index contributed by atoms with van der Waals surface area (Å²) in [6, 6.07) is 0. The first-order valence-electron chi connectivity index (χ1n) is 8.56. The van der Waals surface area contributed by atoms with Crippen LogP contribution < -0.4 is 0 Å². The molecule has 0 N–H and O–H groups in total. The molecule has 128 valence electrons. The number of hydrogen-bond acceptors (Lipinski definition) is 4. The zero-order chi connectivity index (χ0) is 17.0. The largest absolute Gasteiger partial charge is 0.462 e. The van der Waals surface area contributed by atoms with E-state index >= 15 is 0 Å². The van der Waals surface area contributed by atoms with Gasteiger partial charge in [0.05, 0.1) is 18.8 Å². The quantitative estimate of drug-likeness (QED) is 0.322. The predicted octanol–water partition coefficient (Wildman–Crippen LogP) is 4.43. The van der Waals surface area contributed by atoms with Gasteiger partial charge in [0.2, 0.25) is 0 Å². The topological polar surface area (TPSA) is 52.6 Å². The number of esters is 2. The van der Waals surface area contributed by atoms with E-state index in [1.165, 1.54) is 0 Å². The Hall–Kier alpha value is -1.32. The average molecular weight is 312 g/mol. The van der Waals surface area contributed by atoms with Gasteiger partial charge in [0.15, 0.2) is 0 Å². The van der Waals surface area contributed by atoms with Crippen molar-refractivity contribution in [3.8, 4) is 0 Å². The van der Waals surface area contributed by atoms with Crippen LogP contribution >= 0.6 is 0 Å². The minimum Gasteiger partial charge on any atom is -0.462 e. The van der Waals surface area contributed by atoms with Crippen LogP contribution in [0.25, 0.3) is 0 Å². The van der Waals surface area contributed by atoms with Crippen molar-refractivity contribution in [2.24, 2.45) is 5.92 Å². The summed E-state index contributed by atoms with van der Waals surface area (Å²) in [5.41, 5.74) is 0.953. The van der Waals surface area contributed by atoms with Gasteiger partial charge in [0, 0.05) is 5.57 Å². The maximum atomic E-state index is 12.3. The Kier molecular flexibility index (Phi) is 11.5. The minimum absolute atomic E-state index is 0.0607. The molecule has 0 unspecified atom stereocenters. The molecular formula is C18H32O4. The van der Waals surface area contributed by atoms with Crippen LogP contribution in [0, 0.1) is 5.92 Å². The summed E-state index contributed by atoms with van der Waals surface area (Å²) >= 11 is 0. The predicted molar refractivity (Wildman–Crippen MR) is 88.5 cm³/mol. The van der Waals surface area contributed by atoms with Crippen molar-refractivity contribution in [3.63, 3.8) is 0 Å². The zero-order valence-electron chi connectivity index (χ0n) is 14.9. The lowest BCUT2D eigenvalue weighted by Crippen LogP contribution is -2.20. The lowest BCUT2D eigenvalue weighted by atomic mass is 9.94. The molecule has 0 aromatic carbocycles. The second-order valence-corrected chi connectivity index (χ2v) is 5.78. The average Bonchev–Trinajstić information content (AvgIpc) is 2.46. The van der Waals surface area contributed by atoms with Gasteiger partial charge in [-0.3, -0.25) is 0 Å². The van der Waals surface area contributed by atoms with Crippen LogP contribution in [0.1, 0.15) is 73.1 Å². The summed E-state index contributed by atoms with van der Waals surface area (Å²) in [5.74, 6) is -0.805. The molecular weight excluding hydrogens is 280 g/mol. The third-order valence-corrected chi connectivity index (χ3v) is 3.33. The van der Waals surface area contributed by atoms with Crippen molar-refractivity contribution >= 4 is 11.9 Å². The maximum Gasteiger partial charge on any atom is 0.334 e. The fraction of sp³-hybridized carbons (Fsp3) is 0.778. The Morgan fingerprint density at radius 3 is 1.73 bits per heavy atom. The third-order valence-electron chi connectivity index (χ3n) is 3.33. The Balaban J connectivity index is 5.18. The van der Waals surface area contributed by atoms with E-state index in [1.54, 1.807) is 0 Å². The van der Waals surface area contributed by atoms with Crippen molar-refractivity contribution in [1.82, 2.24) is 0 Å². The maximum absolute atomic E-state index is 12.3. The minimum atomic E-state index is -0.376. The molecule has 4 heteroatoms. The van der Waals surface area contributed by atoms with Gasteiger partial charge in [-0.15, -0.1) is 0 Å². The van der Waals surface area contributed by atoms with Crippen molar-refractivity contribution in [2.75, 3.05) is 13.2 Å². The lowest BCUT2D eigenvalue weighted by Gasteiger charge is -2.16. The van der Waals surface area contributed by atoms with Crippen molar-refractivity contribution in [1.29, 1.82) is 0 Å². The molecule has 0 aliphatic carbocycles. The number of unbranched alkanes of at least 4 members (excludes halogenated alkanes) is 2. The van der Waals surface area contributed by atoms with E-state index < -0.39 is 0 Å². The van der Waals surface area contributed by atoms with Crippen LogP contribution in [-0.2, 0) is 19.1 Å². The summed E-state index contributed by atoms with van der Waals surface area (Å²) in [6.07, 6.45) is 4.94. The smallest absolute Gasteiger partial charge is 0.334 e. The van der Waals surface area contributed by atoms with Crippen LogP contribution in [0.15, 0.2) is 11.1 Å². The monoisotopic (exact) mass is 312 g/mol. The van der Waals surface area contributed by atoms with Gasteiger partial charge in [-0.1, -0.05) is 53.9 Å². The van der Waals surface area contributed by atoms with E-state index in [-0.39, 0.29) is 17.9 Å². The fourth-order valence-electron chi connectivity index (χ4n) is 2.09. The van der Waals surface area contributed by atoms with Crippen molar-refractivity contribution in [2.45, 2.75) is 73.1 Å². The number of carbonyl (C=O) groups is 2. The molecule has 22 heavy (non-hydrogen) atoms. The van der Waals surface area contributed by atoms with Crippen LogP contribution in [0.5, 0.6) is 0 Å². The molecule has 4 nitrogen and oxygen atoms in total. The molecule has 0 aliphatic heterocycles. The molecule has 0 saturated carbocycles. The Labute approximate surface area is 135 Å². The summed E-state index contributed by atoms with van der Waals surface area (Å²) < 4.78 is 10.6. The summed E-state index contributed by atoms with van der Waals surface area (Å²) in [6.45, 7) is 10.7. The highest BCUT2D eigenvalue weighted by Crippen LogP contribution is 2.22. The van der Waals surface area contributed by atoms with Crippen LogP contribution in [0.2, 0.25) is 0 Å². The van der Waals surface area contributed by atoms with Crippen LogP contribution in [0.4, 0.5) is 0 Å². The standard InChI is InChI=1S/C18H32O4/c1-6-9-12-21-17(19)15(11-8-3)16(14(4)5)18(20)22-13-10-7-2/h14H,6-13H2,1-5H3/b16-15-. The molecule has 0 spiro atoms. The van der Waals surface area contributed by atoms with Gasteiger partial charge in [-0.05, 0) is 25.2 Å². The Morgan fingerprint density at radius 2 is 1.32 bits per heavy atom. The molecule has 0 fully saturated rings. The normalized spacial score (nSPS) is 12.1. The second kappa shape index (κ2) is 12.2. The van der Waals surface area contributed by atoms with Gasteiger partial charge in [-0.2, -0.15) is 0 Å². The second-order valence-electron chi connectivity index (χ2n) is 5.78. The van der Waals surface area contributed by atoms with E-state index in [9.17, 15) is 9.59 Å². The van der Waals surface area contributed by atoms with Gasteiger partial charge in [-0.25, -0.2) is 9.59 Å². The molecule has 0 bridgehead atoms. The van der Waals surface area contributed by atoms with Gasteiger partial charge >= 0.3 is 11.9 Å². The number of ether oxygens (including phenoxy) is 2. The molecule has 0 rings (SSSR count). The third kappa shape index (κ3) is 7.62. The van der Waals surface area contributed by atoms with E-state index in [1.807, 2.05) is 34.6 Å². The first-order valence-corrected chi connectivity index (χ1v) is 8.56. The van der Waals surface area contributed by atoms with Gasteiger partial charge in [0.25, 0.3) is 0 Å². The van der Waals surface area contributed by atoms with Crippen molar-refractivity contribution in [3.05, 3.63) is 11.1 Å². The SMILES string of the molecule is CCCCOC(=O)/C(CCC)=C(\C(=O)OCCCC)C(C)C. The lowest BCUT2D eigenvalue weighted by molar-refractivity contribution is -0.143. The van der Waals surface area contributed by atoms with Gasteiger partial charge in [0.1, 0.15) is 0 Å². The Morgan fingerprint density at radius 1 is 0.818 bits per heavy atom. The Bertz CT molecular complexity index is 369. The van der Waals surface area contributed by atoms with Crippen molar-refractivity contribution < 1.29 is 19.1 Å². The zero-order valence-corrected chi connectivity index (χ0v) is 14.9. The fourth-order valence-corrected chi connectivity index (χ4v) is 2.09. The van der Waals surface area contributed by atoms with E-state index in [0.717, 1.165) is 32.1 Å². The number of carbonyl (C=O) groups excluding carboxylic acids is 2. The molecule has 0 atom stereocenters. The summed E-state index contributed by atoms with van der Waals surface area (Å²) in [4.78, 5) is 24.6. The molecule has 0 aromatic rings. The van der Waals surface area contributed by atoms with E-state index in [4.69, 9.17) is 9.47 Å². The summed E-state index contributed by atoms with van der Waals surface area (Å²) in [7, 11) is 0. The van der Waals surface area contributed by atoms with E-state index in [0.29, 0.717) is 30.8 Å². The molecule has 0 radical (unpaired) electrons. The number of hydrogen-bond donors (Lipinski definition) is 0. The molecule has 0 aromatic heterocycles. The van der Waals surface area contributed by atoms with Crippen LogP contribution in [0.3, 0.4) is 0 Å². The van der Waals surface area contributed by atoms with Gasteiger partial charge < -0.3 is 9.47 Å².